The maximum absolute atomic E-state index is 13.9. The molecule has 1 amide bonds. The molecular formula is C14H17BrClFN2O. The highest BCUT2D eigenvalue weighted by molar-refractivity contribution is 9.10. The van der Waals surface area contributed by atoms with Crippen LogP contribution in [0.5, 0.6) is 0 Å². The maximum atomic E-state index is 13.9. The van der Waals surface area contributed by atoms with Crippen molar-refractivity contribution in [2.24, 2.45) is 0 Å². The number of amides is 1. The van der Waals surface area contributed by atoms with Crippen LogP contribution in [0.4, 0.5) is 4.39 Å². The van der Waals surface area contributed by atoms with Crippen LogP contribution in [0.25, 0.3) is 0 Å². The molecule has 0 aromatic heterocycles. The van der Waals surface area contributed by atoms with Gasteiger partial charge in [0, 0.05) is 29.6 Å². The number of likely N-dealkylation sites (tertiary alicyclic amines) is 1. The number of carbonyl (C=O) groups is 1. The third-order valence-electron chi connectivity index (χ3n) is 3.99. The summed E-state index contributed by atoms with van der Waals surface area (Å²) in [6, 6.07) is 5.52. The monoisotopic (exact) mass is 362 g/mol. The minimum atomic E-state index is -0.457. The normalized spacial score (nSPS) is 25.0. The van der Waals surface area contributed by atoms with Crippen molar-refractivity contribution in [1.29, 1.82) is 0 Å². The summed E-state index contributed by atoms with van der Waals surface area (Å²) >= 11 is 3.27. The van der Waals surface area contributed by atoms with E-state index in [2.05, 4.69) is 21.2 Å². The fraction of sp³-hybridized carbons (Fsp3) is 0.500. The molecule has 3 nitrogen and oxygen atoms in total. The second kappa shape index (κ2) is 6.41. The number of benzene rings is 1. The fourth-order valence-electron chi connectivity index (χ4n) is 2.99. The van der Waals surface area contributed by atoms with Gasteiger partial charge in [0.2, 0.25) is 0 Å². The predicted molar refractivity (Wildman–Crippen MR) is 81.8 cm³/mol. The van der Waals surface area contributed by atoms with Crippen LogP contribution in [0, 0.1) is 5.82 Å². The van der Waals surface area contributed by atoms with E-state index in [1.807, 2.05) is 0 Å². The first-order valence-electron chi connectivity index (χ1n) is 6.64. The van der Waals surface area contributed by atoms with Crippen molar-refractivity contribution >= 4 is 34.2 Å². The van der Waals surface area contributed by atoms with Crippen molar-refractivity contribution in [2.75, 3.05) is 13.1 Å². The Morgan fingerprint density at radius 3 is 2.80 bits per heavy atom. The standard InChI is InChI=1S/C14H16BrFN2O.ClH/c15-11-2-1-3-12(16)13(11)14(19)18-7-6-9-4-5-10(8-18)17-9;/h1-3,9-10,17H,4-8H2;1H. The number of halogens is 3. The fourth-order valence-corrected chi connectivity index (χ4v) is 3.50. The minimum Gasteiger partial charge on any atom is -0.337 e. The molecule has 3 rings (SSSR count). The first-order chi connectivity index (χ1) is 9.15. The zero-order valence-corrected chi connectivity index (χ0v) is 13.3. The number of fused-ring (bicyclic) bond motifs is 2. The van der Waals surface area contributed by atoms with Gasteiger partial charge in [0.15, 0.2) is 0 Å². The molecule has 2 fully saturated rings. The number of hydrogen-bond acceptors (Lipinski definition) is 2. The van der Waals surface area contributed by atoms with Gasteiger partial charge in [-0.3, -0.25) is 4.79 Å². The SMILES string of the molecule is Cl.O=C(c1c(F)cccc1Br)N1CCC2CCC(C1)N2. The van der Waals surface area contributed by atoms with E-state index in [1.165, 1.54) is 12.5 Å². The van der Waals surface area contributed by atoms with Crippen LogP contribution in [0.2, 0.25) is 0 Å². The van der Waals surface area contributed by atoms with E-state index in [1.54, 1.807) is 17.0 Å². The molecule has 2 aliphatic heterocycles. The Balaban J connectivity index is 0.00000147. The Labute approximate surface area is 132 Å². The molecule has 6 heteroatoms. The van der Waals surface area contributed by atoms with Gasteiger partial charge in [0.25, 0.3) is 5.91 Å². The van der Waals surface area contributed by atoms with Crippen molar-refractivity contribution in [1.82, 2.24) is 10.2 Å². The van der Waals surface area contributed by atoms with Crippen molar-refractivity contribution in [3.05, 3.63) is 34.1 Å². The number of carbonyl (C=O) groups excluding carboxylic acids is 1. The van der Waals surface area contributed by atoms with Crippen molar-refractivity contribution in [2.45, 2.75) is 31.3 Å². The third-order valence-corrected chi connectivity index (χ3v) is 4.65. The van der Waals surface area contributed by atoms with Crippen molar-refractivity contribution in [3.8, 4) is 0 Å². The second-order valence-corrected chi connectivity index (χ2v) is 6.13. The van der Waals surface area contributed by atoms with E-state index >= 15 is 0 Å². The van der Waals surface area contributed by atoms with Gasteiger partial charge >= 0.3 is 0 Å². The number of hydrogen-bond donors (Lipinski definition) is 1. The van der Waals surface area contributed by atoms with Gasteiger partial charge in [-0.1, -0.05) is 6.07 Å². The molecule has 0 aliphatic carbocycles. The summed E-state index contributed by atoms with van der Waals surface area (Å²) in [6.45, 7) is 1.38. The van der Waals surface area contributed by atoms with Gasteiger partial charge in [0.05, 0.1) is 5.56 Å². The van der Waals surface area contributed by atoms with Gasteiger partial charge in [-0.2, -0.15) is 0 Å². The third kappa shape index (κ3) is 3.00. The lowest BCUT2D eigenvalue weighted by Gasteiger charge is -2.25. The van der Waals surface area contributed by atoms with E-state index < -0.39 is 5.82 Å². The Bertz CT molecular complexity index is 494. The number of nitrogens with zero attached hydrogens (tertiary/aromatic N) is 1. The van der Waals surface area contributed by atoms with Crippen molar-refractivity contribution < 1.29 is 9.18 Å². The van der Waals surface area contributed by atoms with Gasteiger partial charge in [0.1, 0.15) is 5.82 Å². The first kappa shape index (κ1) is 15.7. The predicted octanol–water partition coefficient (Wildman–Crippen LogP) is 2.98. The van der Waals surface area contributed by atoms with E-state index in [4.69, 9.17) is 0 Å². The smallest absolute Gasteiger partial charge is 0.258 e. The molecule has 1 aromatic carbocycles. The molecule has 2 saturated heterocycles. The Morgan fingerprint density at radius 2 is 2.05 bits per heavy atom. The van der Waals surface area contributed by atoms with E-state index in [9.17, 15) is 9.18 Å². The van der Waals surface area contributed by atoms with E-state index in [-0.39, 0.29) is 23.9 Å². The van der Waals surface area contributed by atoms with Crippen LogP contribution in [0.1, 0.15) is 29.6 Å². The molecule has 2 atom stereocenters. The summed E-state index contributed by atoms with van der Waals surface area (Å²) in [4.78, 5) is 14.3. The molecule has 0 saturated carbocycles. The highest BCUT2D eigenvalue weighted by atomic mass is 79.9. The van der Waals surface area contributed by atoms with Crippen LogP contribution >= 0.6 is 28.3 Å². The average molecular weight is 364 g/mol. The number of rotatable bonds is 1. The molecule has 2 heterocycles. The lowest BCUT2D eigenvalue weighted by molar-refractivity contribution is 0.0742. The molecule has 2 bridgehead atoms. The topological polar surface area (TPSA) is 32.3 Å². The zero-order chi connectivity index (χ0) is 13.4. The highest BCUT2D eigenvalue weighted by Crippen LogP contribution is 2.25. The van der Waals surface area contributed by atoms with Gasteiger partial charge < -0.3 is 10.2 Å². The first-order valence-corrected chi connectivity index (χ1v) is 7.44. The zero-order valence-electron chi connectivity index (χ0n) is 10.9. The Hall–Kier alpha value is -0.650. The summed E-state index contributed by atoms with van der Waals surface area (Å²) in [5.74, 6) is -0.666. The van der Waals surface area contributed by atoms with E-state index in [0.717, 1.165) is 12.8 Å². The Morgan fingerprint density at radius 1 is 1.30 bits per heavy atom. The van der Waals surface area contributed by atoms with Gasteiger partial charge in [-0.15, -0.1) is 12.4 Å². The number of nitrogens with one attached hydrogen (secondary N) is 1. The van der Waals surface area contributed by atoms with Crippen LogP contribution in [0.15, 0.2) is 22.7 Å². The molecule has 2 aliphatic rings. The van der Waals surface area contributed by atoms with Crippen LogP contribution in [0.3, 0.4) is 0 Å². The summed E-state index contributed by atoms with van der Waals surface area (Å²) in [5, 5.41) is 3.52. The van der Waals surface area contributed by atoms with Crippen molar-refractivity contribution in [3.63, 3.8) is 0 Å². The quantitative estimate of drug-likeness (QED) is 0.832. The summed E-state index contributed by atoms with van der Waals surface area (Å²) in [6.07, 6.45) is 3.25. The summed E-state index contributed by atoms with van der Waals surface area (Å²) in [5.41, 5.74) is 0.153. The van der Waals surface area contributed by atoms with Gasteiger partial charge in [-0.05, 0) is 47.3 Å². The molecule has 1 N–H and O–H groups in total. The molecular weight excluding hydrogens is 347 g/mol. The largest absolute Gasteiger partial charge is 0.337 e. The summed E-state index contributed by atoms with van der Waals surface area (Å²) in [7, 11) is 0. The maximum Gasteiger partial charge on any atom is 0.258 e. The lowest BCUT2D eigenvalue weighted by Crippen LogP contribution is -2.39. The van der Waals surface area contributed by atoms with Crippen LogP contribution < -0.4 is 5.32 Å². The molecule has 0 spiro atoms. The summed E-state index contributed by atoms with van der Waals surface area (Å²) < 4.78 is 14.4. The second-order valence-electron chi connectivity index (χ2n) is 5.27. The Kier molecular flexibility index (Phi) is 5.04. The molecule has 20 heavy (non-hydrogen) atoms. The van der Waals surface area contributed by atoms with E-state index in [0.29, 0.717) is 29.6 Å². The van der Waals surface area contributed by atoms with Crippen LogP contribution in [-0.2, 0) is 0 Å². The average Bonchev–Trinajstić information content (AvgIpc) is 2.68. The lowest BCUT2D eigenvalue weighted by atomic mass is 10.1. The highest BCUT2D eigenvalue weighted by Gasteiger charge is 2.32. The molecule has 1 aromatic rings. The molecule has 110 valence electrons. The molecule has 0 radical (unpaired) electrons. The van der Waals surface area contributed by atoms with Crippen LogP contribution in [-0.4, -0.2) is 36.0 Å². The molecule has 2 unspecified atom stereocenters. The minimum absolute atomic E-state index is 0. The van der Waals surface area contributed by atoms with Gasteiger partial charge in [-0.25, -0.2) is 4.39 Å².